The molecule has 0 radical (unpaired) electrons. The summed E-state index contributed by atoms with van der Waals surface area (Å²) in [6.45, 7) is 6.19. The van der Waals surface area contributed by atoms with Gasteiger partial charge in [-0.3, -0.25) is 0 Å². The molecule has 0 saturated carbocycles. The van der Waals surface area contributed by atoms with Crippen LogP contribution in [0.1, 0.15) is 44.9 Å². The van der Waals surface area contributed by atoms with Gasteiger partial charge in [0.2, 0.25) is 5.13 Å². The van der Waals surface area contributed by atoms with Crippen molar-refractivity contribution in [3.63, 3.8) is 0 Å². The van der Waals surface area contributed by atoms with Gasteiger partial charge in [0.25, 0.3) is 0 Å². The molecule has 0 aliphatic carbocycles. The second-order valence-corrected chi connectivity index (χ2v) is 5.22. The fourth-order valence-corrected chi connectivity index (χ4v) is 2.31. The van der Waals surface area contributed by atoms with Crippen LogP contribution in [0.2, 0.25) is 0 Å². The third-order valence-corrected chi connectivity index (χ3v) is 3.73. The average molecular weight is 218 g/mol. The minimum Gasteiger partial charge on any atom is -0.203 e. The lowest BCUT2D eigenvalue weighted by atomic mass is 9.86. The number of thiophene rings is 1. The zero-order chi connectivity index (χ0) is 10.8. The first-order valence-electron chi connectivity index (χ1n) is 4.92. The van der Waals surface area contributed by atoms with Gasteiger partial charge in [0.1, 0.15) is 0 Å². The maximum Gasteiger partial charge on any atom is 0.212 e. The van der Waals surface area contributed by atoms with Crippen LogP contribution in [0.4, 0.5) is 8.78 Å². The number of rotatable bonds is 4. The van der Waals surface area contributed by atoms with E-state index in [1.807, 2.05) is 13.8 Å². The van der Waals surface area contributed by atoms with Gasteiger partial charge in [0.15, 0.2) is 5.82 Å². The van der Waals surface area contributed by atoms with E-state index in [4.69, 9.17) is 0 Å². The molecule has 0 aliphatic heterocycles. The van der Waals surface area contributed by atoms with Crippen molar-refractivity contribution in [1.29, 1.82) is 0 Å². The molecule has 1 heterocycles. The van der Waals surface area contributed by atoms with Crippen LogP contribution in [0, 0.1) is 10.9 Å². The molecule has 0 nitrogen and oxygen atoms in total. The highest BCUT2D eigenvalue weighted by Crippen LogP contribution is 2.34. The predicted molar refractivity (Wildman–Crippen MR) is 56.8 cm³/mol. The Morgan fingerprint density at radius 1 is 1.36 bits per heavy atom. The Morgan fingerprint density at radius 3 is 2.43 bits per heavy atom. The number of hydrogen-bond acceptors (Lipinski definition) is 1. The monoisotopic (exact) mass is 218 g/mol. The first-order chi connectivity index (χ1) is 6.47. The second kappa shape index (κ2) is 4.39. The van der Waals surface area contributed by atoms with Gasteiger partial charge in [-0.05, 0) is 17.9 Å². The normalized spacial score (nSPS) is 12.1. The maximum absolute atomic E-state index is 12.8. The molecule has 0 saturated heterocycles. The van der Waals surface area contributed by atoms with E-state index in [2.05, 4.69) is 6.92 Å². The molecule has 14 heavy (non-hydrogen) atoms. The zero-order valence-electron chi connectivity index (χ0n) is 8.86. The van der Waals surface area contributed by atoms with Gasteiger partial charge in [-0.1, -0.05) is 33.6 Å². The van der Waals surface area contributed by atoms with Gasteiger partial charge >= 0.3 is 0 Å². The van der Waals surface area contributed by atoms with Crippen LogP contribution in [0.15, 0.2) is 6.07 Å². The second-order valence-electron chi connectivity index (χ2n) is 4.22. The van der Waals surface area contributed by atoms with Crippen molar-refractivity contribution in [2.75, 3.05) is 0 Å². The molecule has 0 N–H and O–H groups in total. The van der Waals surface area contributed by atoms with Crippen molar-refractivity contribution in [2.24, 2.45) is 0 Å². The van der Waals surface area contributed by atoms with Gasteiger partial charge < -0.3 is 0 Å². The Morgan fingerprint density at radius 2 is 2.00 bits per heavy atom. The van der Waals surface area contributed by atoms with Crippen molar-refractivity contribution in [1.82, 2.24) is 0 Å². The van der Waals surface area contributed by atoms with Gasteiger partial charge in [-0.25, -0.2) is 4.39 Å². The molecule has 1 rings (SSSR count). The Kier molecular flexibility index (Phi) is 3.65. The highest BCUT2D eigenvalue weighted by molar-refractivity contribution is 7.10. The van der Waals surface area contributed by atoms with Crippen molar-refractivity contribution >= 4 is 11.3 Å². The lowest BCUT2D eigenvalue weighted by Crippen LogP contribution is -2.14. The molecular weight excluding hydrogens is 202 g/mol. The molecule has 0 amide bonds. The van der Waals surface area contributed by atoms with Crippen LogP contribution in [0.5, 0.6) is 0 Å². The van der Waals surface area contributed by atoms with Gasteiger partial charge in [0, 0.05) is 4.88 Å². The van der Waals surface area contributed by atoms with E-state index in [9.17, 15) is 8.78 Å². The minimum atomic E-state index is -0.713. The Balaban J connectivity index is 2.80. The summed E-state index contributed by atoms with van der Waals surface area (Å²) in [7, 11) is 0. The summed E-state index contributed by atoms with van der Waals surface area (Å²) >= 11 is 0.930. The van der Waals surface area contributed by atoms with E-state index < -0.39 is 10.9 Å². The summed E-state index contributed by atoms with van der Waals surface area (Å²) < 4.78 is 25.7. The first-order valence-corrected chi connectivity index (χ1v) is 5.74. The molecule has 80 valence electrons. The smallest absolute Gasteiger partial charge is 0.203 e. The van der Waals surface area contributed by atoms with E-state index in [1.54, 1.807) is 0 Å². The molecule has 3 heteroatoms. The molecular formula is C11H16F2S. The SMILES string of the molecule is CCCCC(C)(C)c1cc(F)c(F)s1. The summed E-state index contributed by atoms with van der Waals surface area (Å²) in [6, 6.07) is 1.33. The van der Waals surface area contributed by atoms with E-state index >= 15 is 0 Å². The standard InChI is InChI=1S/C11H16F2S/c1-4-5-6-11(2,3)9-7-8(12)10(13)14-9/h7H,4-6H2,1-3H3. The van der Waals surface area contributed by atoms with Crippen LogP contribution in [0.25, 0.3) is 0 Å². The summed E-state index contributed by atoms with van der Waals surface area (Å²) in [5, 5.41) is -0.690. The quantitative estimate of drug-likeness (QED) is 0.698. The third kappa shape index (κ3) is 2.53. The number of halogens is 2. The first kappa shape index (κ1) is 11.6. The number of hydrogen-bond donors (Lipinski definition) is 0. The lowest BCUT2D eigenvalue weighted by Gasteiger charge is -2.22. The average Bonchev–Trinajstić information content (AvgIpc) is 2.45. The molecule has 1 aromatic heterocycles. The summed E-state index contributed by atoms with van der Waals surface area (Å²) in [6.07, 6.45) is 3.18. The summed E-state index contributed by atoms with van der Waals surface area (Å²) in [5.41, 5.74) is -0.105. The summed E-state index contributed by atoms with van der Waals surface area (Å²) in [5.74, 6) is -0.713. The lowest BCUT2D eigenvalue weighted by molar-refractivity contribution is 0.464. The maximum atomic E-state index is 12.8. The van der Waals surface area contributed by atoms with Gasteiger partial charge in [-0.2, -0.15) is 4.39 Å². The molecule has 0 spiro atoms. The zero-order valence-corrected chi connectivity index (χ0v) is 9.68. The molecule has 0 atom stereocenters. The fraction of sp³-hybridized carbons (Fsp3) is 0.636. The molecule has 0 bridgehead atoms. The minimum absolute atomic E-state index is 0.105. The molecule has 0 fully saturated rings. The van der Waals surface area contributed by atoms with E-state index in [-0.39, 0.29) is 5.41 Å². The van der Waals surface area contributed by atoms with Crippen molar-refractivity contribution < 1.29 is 8.78 Å². The third-order valence-electron chi connectivity index (χ3n) is 2.47. The van der Waals surface area contributed by atoms with Crippen LogP contribution in [-0.4, -0.2) is 0 Å². The molecule has 0 aromatic carbocycles. The van der Waals surface area contributed by atoms with Gasteiger partial charge in [0.05, 0.1) is 0 Å². The highest BCUT2D eigenvalue weighted by Gasteiger charge is 2.24. The molecule has 0 unspecified atom stereocenters. The van der Waals surface area contributed by atoms with Crippen LogP contribution >= 0.6 is 11.3 Å². The number of unbranched alkanes of at least 4 members (excludes halogenated alkanes) is 1. The highest BCUT2D eigenvalue weighted by atomic mass is 32.1. The van der Waals surface area contributed by atoms with E-state index in [0.29, 0.717) is 0 Å². The molecule has 0 aliphatic rings. The molecule has 1 aromatic rings. The van der Waals surface area contributed by atoms with Crippen LogP contribution < -0.4 is 0 Å². The van der Waals surface area contributed by atoms with Crippen molar-refractivity contribution in [2.45, 2.75) is 45.4 Å². The Bertz CT molecular complexity index is 283. The van der Waals surface area contributed by atoms with E-state index in [1.165, 1.54) is 6.07 Å². The van der Waals surface area contributed by atoms with Gasteiger partial charge in [-0.15, -0.1) is 11.3 Å². The van der Waals surface area contributed by atoms with Crippen molar-refractivity contribution in [3.05, 3.63) is 21.9 Å². The topological polar surface area (TPSA) is 0 Å². The largest absolute Gasteiger partial charge is 0.212 e. The Labute approximate surface area is 88.0 Å². The predicted octanol–water partition coefficient (Wildman–Crippen LogP) is 4.49. The fourth-order valence-electron chi connectivity index (χ4n) is 1.42. The van der Waals surface area contributed by atoms with Crippen molar-refractivity contribution in [3.8, 4) is 0 Å². The van der Waals surface area contributed by atoms with Crippen LogP contribution in [0.3, 0.4) is 0 Å². The van der Waals surface area contributed by atoms with E-state index in [0.717, 1.165) is 35.5 Å². The Hall–Kier alpha value is -0.440. The van der Waals surface area contributed by atoms with Crippen LogP contribution in [-0.2, 0) is 5.41 Å². The summed E-state index contributed by atoms with van der Waals surface area (Å²) in [4.78, 5) is 0.806.